The van der Waals surface area contributed by atoms with Crippen molar-refractivity contribution < 1.29 is 24.2 Å². The van der Waals surface area contributed by atoms with Gasteiger partial charge in [-0.05, 0) is 67.3 Å². The van der Waals surface area contributed by atoms with E-state index in [1.54, 1.807) is 37.4 Å². The van der Waals surface area contributed by atoms with Crippen LogP contribution < -0.4 is 14.4 Å². The van der Waals surface area contributed by atoms with Crippen molar-refractivity contribution in [3.8, 4) is 11.5 Å². The van der Waals surface area contributed by atoms with Gasteiger partial charge >= 0.3 is 0 Å². The Labute approximate surface area is 199 Å². The predicted molar refractivity (Wildman–Crippen MR) is 131 cm³/mol. The predicted octanol–water partition coefficient (Wildman–Crippen LogP) is 5.26. The number of anilines is 1. The number of aliphatic hydroxyl groups excluding tert-OH is 1. The van der Waals surface area contributed by atoms with E-state index in [0.29, 0.717) is 28.3 Å². The van der Waals surface area contributed by atoms with Gasteiger partial charge in [0.2, 0.25) is 0 Å². The molecule has 1 unspecified atom stereocenters. The molecule has 0 aromatic heterocycles. The molecule has 0 spiro atoms. The Balaban J connectivity index is 2.04. The summed E-state index contributed by atoms with van der Waals surface area (Å²) in [5.74, 6) is -0.695. The van der Waals surface area contributed by atoms with Gasteiger partial charge in [0, 0.05) is 5.69 Å². The van der Waals surface area contributed by atoms with E-state index in [0.717, 1.165) is 16.7 Å². The highest BCUT2D eigenvalue weighted by molar-refractivity contribution is 6.51. The summed E-state index contributed by atoms with van der Waals surface area (Å²) in [6, 6.07) is 17.4. The van der Waals surface area contributed by atoms with Crippen LogP contribution in [-0.4, -0.2) is 31.0 Å². The molecule has 3 aromatic carbocycles. The Bertz CT molecular complexity index is 1320. The van der Waals surface area contributed by atoms with Crippen molar-refractivity contribution in [3.05, 3.63) is 94.1 Å². The maximum atomic E-state index is 13.4. The van der Waals surface area contributed by atoms with E-state index in [1.165, 1.54) is 12.0 Å². The van der Waals surface area contributed by atoms with Crippen LogP contribution in [0.2, 0.25) is 0 Å². The smallest absolute Gasteiger partial charge is 0.300 e. The van der Waals surface area contributed by atoms with Crippen LogP contribution in [0.1, 0.15) is 33.9 Å². The van der Waals surface area contributed by atoms with Crippen molar-refractivity contribution in [1.82, 2.24) is 0 Å². The molecule has 4 rings (SSSR count). The van der Waals surface area contributed by atoms with Crippen molar-refractivity contribution >= 4 is 23.1 Å². The van der Waals surface area contributed by atoms with E-state index < -0.39 is 17.7 Å². The number of hydrogen-bond acceptors (Lipinski definition) is 5. The van der Waals surface area contributed by atoms with E-state index in [1.807, 2.05) is 51.1 Å². The van der Waals surface area contributed by atoms with Gasteiger partial charge in [-0.2, -0.15) is 0 Å². The van der Waals surface area contributed by atoms with Crippen molar-refractivity contribution in [3.63, 3.8) is 0 Å². The van der Waals surface area contributed by atoms with Crippen LogP contribution in [0.5, 0.6) is 11.5 Å². The number of ketones is 1. The highest BCUT2D eigenvalue weighted by atomic mass is 16.5. The number of nitrogens with zero attached hydrogens (tertiary/aromatic N) is 1. The molecule has 6 heteroatoms. The molecular formula is C28H27NO5. The van der Waals surface area contributed by atoms with Crippen molar-refractivity contribution in [2.75, 3.05) is 19.1 Å². The van der Waals surface area contributed by atoms with Crippen LogP contribution in [0.3, 0.4) is 0 Å². The van der Waals surface area contributed by atoms with Crippen molar-refractivity contribution in [2.24, 2.45) is 0 Å². The summed E-state index contributed by atoms with van der Waals surface area (Å²) >= 11 is 0. The van der Waals surface area contributed by atoms with Crippen LogP contribution in [0.25, 0.3) is 5.76 Å². The number of carbonyl (C=O) groups is 2. The van der Waals surface area contributed by atoms with Crippen LogP contribution in [0.15, 0.2) is 66.2 Å². The second-order valence-corrected chi connectivity index (χ2v) is 8.39. The molecule has 1 aliphatic heterocycles. The number of amides is 1. The van der Waals surface area contributed by atoms with Gasteiger partial charge in [0.1, 0.15) is 17.3 Å². The number of para-hydroxylation sites is 1. The second-order valence-electron chi connectivity index (χ2n) is 8.39. The minimum atomic E-state index is -0.846. The number of aryl methyl sites for hydroxylation is 3. The molecule has 0 bridgehead atoms. The molecule has 0 aliphatic carbocycles. The van der Waals surface area contributed by atoms with Gasteiger partial charge in [-0.1, -0.05) is 36.4 Å². The molecule has 3 aromatic rings. The van der Waals surface area contributed by atoms with Crippen LogP contribution in [0.4, 0.5) is 5.69 Å². The number of ether oxygens (including phenoxy) is 2. The molecule has 1 N–H and O–H groups in total. The molecule has 1 aliphatic rings. The zero-order valence-electron chi connectivity index (χ0n) is 19.9. The lowest BCUT2D eigenvalue weighted by Crippen LogP contribution is -2.30. The summed E-state index contributed by atoms with van der Waals surface area (Å²) in [5, 5.41) is 11.5. The fourth-order valence-corrected chi connectivity index (χ4v) is 4.59. The third-order valence-corrected chi connectivity index (χ3v) is 6.11. The zero-order valence-corrected chi connectivity index (χ0v) is 19.9. The zero-order chi connectivity index (χ0) is 24.6. The molecule has 0 saturated carbocycles. The SMILES string of the molecule is COc1cccc(C2/C(=C(\O)c3cc(C)cc(C)c3OC)C(=O)C(=O)N2c2ccccc2C)c1. The lowest BCUT2D eigenvalue weighted by atomic mass is 9.93. The van der Waals surface area contributed by atoms with Gasteiger partial charge in [-0.25, -0.2) is 0 Å². The van der Waals surface area contributed by atoms with Gasteiger partial charge in [-0.15, -0.1) is 0 Å². The van der Waals surface area contributed by atoms with Crippen LogP contribution in [-0.2, 0) is 9.59 Å². The monoisotopic (exact) mass is 457 g/mol. The molecule has 174 valence electrons. The summed E-state index contributed by atoms with van der Waals surface area (Å²) in [4.78, 5) is 28.3. The Morgan fingerprint density at radius 3 is 2.29 bits per heavy atom. The number of aliphatic hydroxyl groups is 1. The highest BCUT2D eigenvalue weighted by Crippen LogP contribution is 2.45. The number of rotatable bonds is 5. The van der Waals surface area contributed by atoms with E-state index in [-0.39, 0.29) is 11.3 Å². The molecule has 1 fully saturated rings. The number of benzene rings is 3. The van der Waals surface area contributed by atoms with E-state index in [9.17, 15) is 14.7 Å². The summed E-state index contributed by atoms with van der Waals surface area (Å²) in [7, 11) is 3.07. The lowest BCUT2D eigenvalue weighted by molar-refractivity contribution is -0.132. The number of Topliss-reactive ketones (excluding diaryl/α,β-unsaturated/α-hetero) is 1. The summed E-state index contributed by atoms with van der Waals surface area (Å²) < 4.78 is 11.0. The maximum absolute atomic E-state index is 13.4. The third kappa shape index (κ3) is 3.81. The van der Waals surface area contributed by atoms with E-state index in [4.69, 9.17) is 9.47 Å². The summed E-state index contributed by atoms with van der Waals surface area (Å²) in [6.07, 6.45) is 0. The van der Waals surface area contributed by atoms with Crippen molar-refractivity contribution in [1.29, 1.82) is 0 Å². The number of carbonyl (C=O) groups excluding carboxylic acids is 2. The average molecular weight is 458 g/mol. The standard InChI is InChI=1S/C28H27NO5/c1-16-13-18(3)27(34-5)21(14-16)25(30)23-24(19-10-8-11-20(15-19)33-4)29(28(32)26(23)31)22-12-7-6-9-17(22)2/h6-15,24,30H,1-5H3/b25-23+. The van der Waals surface area contributed by atoms with E-state index >= 15 is 0 Å². The maximum Gasteiger partial charge on any atom is 0.300 e. The first-order valence-corrected chi connectivity index (χ1v) is 10.9. The first-order valence-electron chi connectivity index (χ1n) is 10.9. The summed E-state index contributed by atoms with van der Waals surface area (Å²) in [6.45, 7) is 5.65. The Morgan fingerprint density at radius 2 is 1.62 bits per heavy atom. The normalized spacial score (nSPS) is 17.2. The molecule has 34 heavy (non-hydrogen) atoms. The van der Waals surface area contributed by atoms with Crippen LogP contribution in [0, 0.1) is 20.8 Å². The highest BCUT2D eigenvalue weighted by Gasteiger charge is 2.47. The second kappa shape index (κ2) is 9.06. The molecule has 0 radical (unpaired) electrons. The largest absolute Gasteiger partial charge is 0.507 e. The number of methoxy groups -OCH3 is 2. The molecule has 1 amide bonds. The Hall–Kier alpha value is -4.06. The molecule has 1 saturated heterocycles. The van der Waals surface area contributed by atoms with E-state index in [2.05, 4.69) is 0 Å². The van der Waals surface area contributed by atoms with Gasteiger partial charge in [0.05, 0.1) is 31.4 Å². The average Bonchev–Trinajstić information content (AvgIpc) is 3.09. The molecule has 1 atom stereocenters. The number of hydrogen-bond donors (Lipinski definition) is 1. The quantitative estimate of drug-likeness (QED) is 0.322. The van der Waals surface area contributed by atoms with Crippen LogP contribution >= 0.6 is 0 Å². The fourth-order valence-electron chi connectivity index (χ4n) is 4.59. The lowest BCUT2D eigenvalue weighted by Gasteiger charge is -2.27. The molecule has 6 nitrogen and oxygen atoms in total. The third-order valence-electron chi connectivity index (χ3n) is 6.11. The molecular weight excluding hydrogens is 430 g/mol. The van der Waals surface area contributed by atoms with Gasteiger partial charge in [-0.3, -0.25) is 14.5 Å². The Kier molecular flexibility index (Phi) is 6.16. The topological polar surface area (TPSA) is 76.1 Å². The first kappa shape index (κ1) is 23.1. The fraction of sp³-hybridized carbons (Fsp3) is 0.214. The first-order chi connectivity index (χ1) is 16.3. The van der Waals surface area contributed by atoms with Crippen molar-refractivity contribution in [2.45, 2.75) is 26.8 Å². The van der Waals surface area contributed by atoms with Gasteiger partial charge in [0.15, 0.2) is 0 Å². The minimum Gasteiger partial charge on any atom is -0.507 e. The van der Waals surface area contributed by atoms with Gasteiger partial charge in [0.25, 0.3) is 11.7 Å². The Morgan fingerprint density at radius 1 is 0.882 bits per heavy atom. The molecule has 1 heterocycles. The minimum absolute atomic E-state index is 0.00445. The van der Waals surface area contributed by atoms with Gasteiger partial charge < -0.3 is 14.6 Å². The summed E-state index contributed by atoms with van der Waals surface area (Å²) in [5.41, 5.74) is 4.17.